The molecule has 2 aromatic carbocycles. The molecule has 0 saturated heterocycles. The molecule has 0 bridgehead atoms. The zero-order chi connectivity index (χ0) is 24.3. The van der Waals surface area contributed by atoms with Crippen LogP contribution < -0.4 is 10.2 Å². The number of nitrogens with one attached hydrogen (secondary N) is 1. The molecule has 1 aromatic heterocycles. The first kappa shape index (κ1) is 25.1. The Morgan fingerprint density at radius 1 is 0.882 bits per heavy atom. The first-order valence-electron chi connectivity index (χ1n) is 11.9. The highest BCUT2D eigenvalue weighted by Crippen LogP contribution is 2.17. The Balaban J connectivity index is 1.61. The molecule has 0 spiro atoms. The average molecular weight is 459 g/mol. The van der Waals surface area contributed by atoms with Crippen molar-refractivity contribution in [3.05, 3.63) is 95.3 Å². The van der Waals surface area contributed by atoms with Crippen molar-refractivity contribution < 1.29 is 9.59 Å². The summed E-state index contributed by atoms with van der Waals surface area (Å²) in [6.45, 7) is 8.00. The molecule has 0 unspecified atom stereocenters. The zero-order valence-corrected chi connectivity index (χ0v) is 20.3. The van der Waals surface area contributed by atoms with Crippen LogP contribution in [0.5, 0.6) is 0 Å². The maximum atomic E-state index is 12.9. The van der Waals surface area contributed by atoms with Gasteiger partial charge in [-0.1, -0.05) is 38.1 Å². The van der Waals surface area contributed by atoms with Crippen molar-refractivity contribution in [1.82, 2.24) is 15.2 Å². The van der Waals surface area contributed by atoms with E-state index in [-0.39, 0.29) is 11.8 Å². The number of hydrogen-bond donors (Lipinski definition) is 1. The number of carbonyl (C=O) groups is 2. The van der Waals surface area contributed by atoms with E-state index in [4.69, 9.17) is 0 Å². The van der Waals surface area contributed by atoms with Crippen molar-refractivity contribution in [3.63, 3.8) is 0 Å². The van der Waals surface area contributed by atoms with Crippen molar-refractivity contribution in [1.29, 1.82) is 0 Å². The van der Waals surface area contributed by atoms with Gasteiger partial charge in [0.1, 0.15) is 0 Å². The molecular formula is C28H34N4O2. The van der Waals surface area contributed by atoms with Crippen molar-refractivity contribution >= 4 is 17.5 Å². The van der Waals surface area contributed by atoms with E-state index in [1.165, 1.54) is 0 Å². The molecule has 0 radical (unpaired) electrons. The number of carbonyl (C=O) groups excluding carboxylic acids is 2. The second-order valence-electron chi connectivity index (χ2n) is 8.28. The summed E-state index contributed by atoms with van der Waals surface area (Å²) >= 11 is 0. The van der Waals surface area contributed by atoms with E-state index in [0.717, 1.165) is 42.9 Å². The van der Waals surface area contributed by atoms with Crippen LogP contribution in [0.2, 0.25) is 0 Å². The SMILES string of the molecule is CCN(CC)CCCNC(=O)c1cccc(Cc2cccc(C(=O)N(C)c3ccncc3)c2)c1. The van der Waals surface area contributed by atoms with Gasteiger partial charge in [-0.25, -0.2) is 0 Å². The lowest BCUT2D eigenvalue weighted by atomic mass is 10.0. The van der Waals surface area contributed by atoms with Crippen molar-refractivity contribution in [2.24, 2.45) is 0 Å². The van der Waals surface area contributed by atoms with E-state index in [1.54, 1.807) is 24.3 Å². The minimum atomic E-state index is -0.0779. The number of rotatable bonds is 11. The summed E-state index contributed by atoms with van der Waals surface area (Å²) in [4.78, 5) is 33.5. The molecule has 6 nitrogen and oxygen atoms in total. The van der Waals surface area contributed by atoms with E-state index < -0.39 is 0 Å². The smallest absolute Gasteiger partial charge is 0.258 e. The van der Waals surface area contributed by atoms with Gasteiger partial charge in [-0.3, -0.25) is 14.6 Å². The summed E-state index contributed by atoms with van der Waals surface area (Å²) < 4.78 is 0. The number of pyridine rings is 1. The standard InChI is InChI=1S/C28H34N4O2/c1-4-32(5-2)18-8-15-30-27(33)24-11-6-9-22(20-24)19-23-10-7-12-25(21-23)28(34)31(3)26-13-16-29-17-14-26/h6-7,9-14,16-17,20-21H,4-5,8,15,18-19H2,1-3H3,(H,30,33). The summed E-state index contributed by atoms with van der Waals surface area (Å²) in [6.07, 6.45) is 4.92. The first-order chi connectivity index (χ1) is 16.5. The first-order valence-corrected chi connectivity index (χ1v) is 11.9. The van der Waals surface area contributed by atoms with Gasteiger partial charge >= 0.3 is 0 Å². The second kappa shape index (κ2) is 12.7. The molecule has 1 N–H and O–H groups in total. The summed E-state index contributed by atoms with van der Waals surface area (Å²) in [5.74, 6) is -0.129. The largest absolute Gasteiger partial charge is 0.352 e. The number of benzene rings is 2. The Morgan fingerprint density at radius 2 is 1.50 bits per heavy atom. The van der Waals surface area contributed by atoms with Gasteiger partial charge in [-0.15, -0.1) is 0 Å². The highest BCUT2D eigenvalue weighted by atomic mass is 16.2. The zero-order valence-electron chi connectivity index (χ0n) is 20.3. The molecule has 178 valence electrons. The lowest BCUT2D eigenvalue weighted by molar-refractivity contribution is 0.0950. The summed E-state index contributed by atoms with van der Waals surface area (Å²) in [6, 6.07) is 18.9. The van der Waals surface area contributed by atoms with Crippen LogP contribution >= 0.6 is 0 Å². The van der Waals surface area contributed by atoms with Crippen LogP contribution in [-0.2, 0) is 6.42 Å². The third-order valence-corrected chi connectivity index (χ3v) is 5.96. The Labute approximate surface area is 202 Å². The van der Waals surface area contributed by atoms with Gasteiger partial charge in [0.15, 0.2) is 0 Å². The fourth-order valence-corrected chi connectivity index (χ4v) is 3.90. The second-order valence-corrected chi connectivity index (χ2v) is 8.28. The van der Waals surface area contributed by atoms with E-state index in [2.05, 4.69) is 29.0 Å². The molecule has 0 saturated carbocycles. The van der Waals surface area contributed by atoms with Crippen molar-refractivity contribution in [3.8, 4) is 0 Å². The minimum Gasteiger partial charge on any atom is -0.352 e. The molecule has 0 aliphatic rings. The number of anilines is 1. The number of hydrogen-bond acceptors (Lipinski definition) is 4. The Morgan fingerprint density at radius 3 is 2.15 bits per heavy atom. The lowest BCUT2D eigenvalue weighted by Crippen LogP contribution is -2.29. The molecule has 0 aliphatic carbocycles. The number of amides is 2. The molecular weight excluding hydrogens is 424 g/mol. The van der Waals surface area contributed by atoms with Crippen LogP contribution in [0.4, 0.5) is 5.69 Å². The van der Waals surface area contributed by atoms with Gasteiger partial charge in [-0.2, -0.15) is 0 Å². The lowest BCUT2D eigenvalue weighted by Gasteiger charge is -2.17. The van der Waals surface area contributed by atoms with Crippen LogP contribution in [0.1, 0.15) is 52.1 Å². The van der Waals surface area contributed by atoms with Gasteiger partial charge in [0, 0.05) is 42.8 Å². The van der Waals surface area contributed by atoms with Crippen LogP contribution in [0.25, 0.3) is 0 Å². The highest BCUT2D eigenvalue weighted by molar-refractivity contribution is 6.05. The summed E-state index contributed by atoms with van der Waals surface area (Å²) in [5, 5.41) is 3.03. The van der Waals surface area contributed by atoms with Gasteiger partial charge in [0.2, 0.25) is 0 Å². The Bertz CT molecular complexity index is 1080. The number of nitrogens with zero attached hydrogens (tertiary/aromatic N) is 3. The highest BCUT2D eigenvalue weighted by Gasteiger charge is 2.14. The van der Waals surface area contributed by atoms with Crippen molar-refractivity contribution in [2.75, 3.05) is 38.1 Å². The fraction of sp³-hybridized carbons (Fsp3) is 0.321. The Hall–Kier alpha value is -3.51. The monoisotopic (exact) mass is 458 g/mol. The van der Waals surface area contributed by atoms with E-state index in [9.17, 15) is 9.59 Å². The third kappa shape index (κ3) is 6.99. The predicted octanol–water partition coefficient (Wildman–Crippen LogP) is 4.41. The molecule has 0 aliphatic heterocycles. The molecule has 6 heteroatoms. The quantitative estimate of drug-likeness (QED) is 0.432. The normalized spacial score (nSPS) is 10.8. The topological polar surface area (TPSA) is 65.5 Å². The van der Waals surface area contributed by atoms with E-state index in [1.807, 2.05) is 60.7 Å². The van der Waals surface area contributed by atoms with Crippen LogP contribution in [-0.4, -0.2) is 54.9 Å². The van der Waals surface area contributed by atoms with Gasteiger partial charge in [0.05, 0.1) is 0 Å². The average Bonchev–Trinajstić information content (AvgIpc) is 2.88. The van der Waals surface area contributed by atoms with Crippen LogP contribution in [0.15, 0.2) is 73.1 Å². The van der Waals surface area contributed by atoms with Crippen LogP contribution in [0.3, 0.4) is 0 Å². The molecule has 2 amide bonds. The minimum absolute atomic E-state index is 0.0516. The Kier molecular flexibility index (Phi) is 9.35. The van der Waals surface area contributed by atoms with Gasteiger partial charge in [0.25, 0.3) is 11.8 Å². The van der Waals surface area contributed by atoms with Gasteiger partial charge in [-0.05, 0) is 80.0 Å². The molecule has 3 rings (SSSR count). The van der Waals surface area contributed by atoms with Crippen LogP contribution in [0, 0.1) is 0 Å². The molecule has 0 fully saturated rings. The summed E-state index contributed by atoms with van der Waals surface area (Å²) in [7, 11) is 1.76. The molecule has 0 atom stereocenters. The summed E-state index contributed by atoms with van der Waals surface area (Å²) in [5.41, 5.74) is 4.12. The molecule has 3 aromatic rings. The van der Waals surface area contributed by atoms with E-state index >= 15 is 0 Å². The van der Waals surface area contributed by atoms with Crippen molar-refractivity contribution in [2.45, 2.75) is 26.7 Å². The van der Waals surface area contributed by atoms with E-state index in [0.29, 0.717) is 24.1 Å². The molecule has 34 heavy (non-hydrogen) atoms. The maximum absolute atomic E-state index is 12.9. The third-order valence-electron chi connectivity index (χ3n) is 5.96. The predicted molar refractivity (Wildman–Crippen MR) is 137 cm³/mol. The maximum Gasteiger partial charge on any atom is 0.258 e. The fourth-order valence-electron chi connectivity index (χ4n) is 3.90. The van der Waals surface area contributed by atoms with Gasteiger partial charge < -0.3 is 15.1 Å². The molecule has 1 heterocycles. The number of aromatic nitrogens is 1.